The zero-order valence-corrected chi connectivity index (χ0v) is 14.1. The van der Waals surface area contributed by atoms with E-state index in [-0.39, 0.29) is 11.2 Å². The Balaban J connectivity index is 1.78. The van der Waals surface area contributed by atoms with E-state index in [4.69, 9.17) is 19.0 Å². The molecule has 6 heteroatoms. The molecule has 2 saturated heterocycles. The summed E-state index contributed by atoms with van der Waals surface area (Å²) in [5.41, 5.74) is 0.144. The number of hydrogen-bond donors (Lipinski definition) is 0. The number of anilines is 1. The Bertz CT molecular complexity index is 534. The zero-order chi connectivity index (χ0) is 16.0. The van der Waals surface area contributed by atoms with E-state index >= 15 is 0 Å². The molecule has 3 heterocycles. The molecule has 0 amide bonds. The summed E-state index contributed by atoms with van der Waals surface area (Å²) in [4.78, 5) is 7.01. The van der Waals surface area contributed by atoms with Crippen LogP contribution in [0.3, 0.4) is 0 Å². The number of ether oxygens (including phenoxy) is 1. The molecule has 2 fully saturated rings. The summed E-state index contributed by atoms with van der Waals surface area (Å²) < 4.78 is 17.6. The first-order valence-electron chi connectivity index (χ1n) is 7.93. The summed E-state index contributed by atoms with van der Waals surface area (Å²) in [6.07, 6.45) is 1.33. The van der Waals surface area contributed by atoms with Crippen molar-refractivity contribution < 1.29 is 14.0 Å². The first-order chi connectivity index (χ1) is 10.3. The number of methoxy groups -OCH3 is 1. The number of aromatic nitrogens is 1. The third-order valence-corrected chi connectivity index (χ3v) is 5.05. The van der Waals surface area contributed by atoms with Crippen molar-refractivity contribution in [2.75, 3.05) is 25.1 Å². The maximum Gasteiger partial charge on any atom is 0.514 e. The van der Waals surface area contributed by atoms with Crippen LogP contribution in [0.2, 0.25) is 0 Å². The highest BCUT2D eigenvalue weighted by Crippen LogP contribution is 2.36. The molecule has 5 nitrogen and oxygen atoms in total. The monoisotopic (exact) mass is 304 g/mol. The van der Waals surface area contributed by atoms with Crippen LogP contribution in [0.25, 0.3) is 0 Å². The van der Waals surface area contributed by atoms with Gasteiger partial charge in [0.25, 0.3) is 0 Å². The van der Waals surface area contributed by atoms with Gasteiger partial charge in [-0.25, -0.2) is 4.98 Å². The summed E-state index contributed by atoms with van der Waals surface area (Å²) >= 11 is 0. The molecular weight excluding hydrogens is 279 g/mol. The van der Waals surface area contributed by atoms with Crippen molar-refractivity contribution in [2.24, 2.45) is 0 Å². The summed E-state index contributed by atoms with van der Waals surface area (Å²) in [6.45, 7) is 10.1. The minimum atomic E-state index is -0.411. The Kier molecular flexibility index (Phi) is 3.95. The van der Waals surface area contributed by atoms with E-state index in [1.807, 2.05) is 18.2 Å². The van der Waals surface area contributed by atoms with E-state index in [0.29, 0.717) is 6.10 Å². The van der Waals surface area contributed by atoms with Crippen molar-refractivity contribution in [3.63, 3.8) is 0 Å². The summed E-state index contributed by atoms with van der Waals surface area (Å²) in [5.74, 6) is 0.965. The van der Waals surface area contributed by atoms with E-state index in [0.717, 1.165) is 30.9 Å². The normalized spacial score (nSPS) is 26.7. The molecule has 1 unspecified atom stereocenters. The maximum absolute atomic E-state index is 6.08. The molecule has 2 aliphatic heterocycles. The lowest BCUT2D eigenvalue weighted by atomic mass is 9.84. The van der Waals surface area contributed by atoms with Crippen molar-refractivity contribution in [1.29, 1.82) is 0 Å². The molecule has 0 saturated carbocycles. The van der Waals surface area contributed by atoms with Crippen molar-refractivity contribution >= 4 is 18.5 Å². The van der Waals surface area contributed by atoms with E-state index in [1.54, 1.807) is 7.11 Å². The number of pyridine rings is 1. The van der Waals surface area contributed by atoms with Gasteiger partial charge in [-0.15, -0.1) is 0 Å². The summed E-state index contributed by atoms with van der Waals surface area (Å²) in [6, 6.07) is 6.02. The molecule has 1 aromatic rings. The predicted octanol–water partition coefficient (Wildman–Crippen LogP) is 1.61. The Morgan fingerprint density at radius 1 is 1.23 bits per heavy atom. The Labute approximate surface area is 133 Å². The fourth-order valence-corrected chi connectivity index (χ4v) is 2.84. The lowest BCUT2D eigenvalue weighted by Crippen LogP contribution is -2.41. The number of nitrogens with zero attached hydrogens (tertiary/aromatic N) is 2. The largest absolute Gasteiger partial charge is 0.514 e. The molecule has 0 bridgehead atoms. The van der Waals surface area contributed by atoms with Crippen LogP contribution in [0.5, 0.6) is 0 Å². The molecule has 3 rings (SSSR count). The fourth-order valence-electron chi connectivity index (χ4n) is 2.84. The van der Waals surface area contributed by atoms with Crippen molar-refractivity contribution in [3.8, 4) is 0 Å². The topological polar surface area (TPSA) is 43.8 Å². The van der Waals surface area contributed by atoms with Crippen LogP contribution < -0.4 is 10.5 Å². The van der Waals surface area contributed by atoms with Gasteiger partial charge in [-0.05, 0) is 46.2 Å². The van der Waals surface area contributed by atoms with Crippen LogP contribution in [-0.2, 0) is 14.0 Å². The highest BCUT2D eigenvalue weighted by Gasteiger charge is 2.52. The molecule has 0 radical (unpaired) electrons. The number of hydrogen-bond acceptors (Lipinski definition) is 5. The summed E-state index contributed by atoms with van der Waals surface area (Å²) in [7, 11) is 1.35. The van der Waals surface area contributed by atoms with E-state index in [2.05, 4.69) is 32.6 Å². The lowest BCUT2D eigenvalue weighted by molar-refractivity contribution is 0.00578. The van der Waals surface area contributed by atoms with Gasteiger partial charge >= 0.3 is 7.12 Å². The van der Waals surface area contributed by atoms with Gasteiger partial charge in [0.05, 0.1) is 22.9 Å². The smallest absolute Gasteiger partial charge is 0.398 e. The van der Waals surface area contributed by atoms with Crippen LogP contribution in [0.1, 0.15) is 34.1 Å². The lowest BCUT2D eigenvalue weighted by Gasteiger charge is -2.32. The van der Waals surface area contributed by atoms with E-state index in [1.165, 1.54) is 0 Å². The highest BCUT2D eigenvalue weighted by molar-refractivity contribution is 6.61. The fraction of sp³-hybridized carbons (Fsp3) is 0.688. The van der Waals surface area contributed by atoms with Crippen LogP contribution in [-0.4, -0.2) is 49.6 Å². The zero-order valence-electron chi connectivity index (χ0n) is 14.1. The van der Waals surface area contributed by atoms with E-state index in [9.17, 15) is 0 Å². The van der Waals surface area contributed by atoms with Gasteiger partial charge in [0, 0.05) is 20.2 Å². The van der Waals surface area contributed by atoms with Gasteiger partial charge in [0.2, 0.25) is 0 Å². The second-order valence-corrected chi connectivity index (χ2v) is 7.10. The first kappa shape index (κ1) is 15.8. The quantitative estimate of drug-likeness (QED) is 0.794. The average molecular weight is 304 g/mol. The van der Waals surface area contributed by atoms with Crippen molar-refractivity contribution in [1.82, 2.24) is 4.98 Å². The van der Waals surface area contributed by atoms with Gasteiger partial charge in [-0.1, -0.05) is 6.07 Å². The molecule has 22 heavy (non-hydrogen) atoms. The average Bonchev–Trinajstić information content (AvgIpc) is 3.02. The molecule has 0 aliphatic carbocycles. The molecule has 1 aromatic heterocycles. The third-order valence-electron chi connectivity index (χ3n) is 5.05. The van der Waals surface area contributed by atoms with Gasteiger partial charge in [0.15, 0.2) is 0 Å². The molecule has 2 aliphatic rings. The highest BCUT2D eigenvalue weighted by atomic mass is 16.7. The maximum atomic E-state index is 6.08. The van der Waals surface area contributed by atoms with Crippen LogP contribution in [0.4, 0.5) is 5.82 Å². The van der Waals surface area contributed by atoms with Gasteiger partial charge in [-0.2, -0.15) is 0 Å². The minimum absolute atomic E-state index is 0.294. The van der Waals surface area contributed by atoms with Gasteiger partial charge in [-0.3, -0.25) is 0 Å². The summed E-state index contributed by atoms with van der Waals surface area (Å²) in [5, 5.41) is 0. The second-order valence-electron chi connectivity index (χ2n) is 7.10. The SMILES string of the molecule is COC1CCN(c2cccc(B3OC(C)(C)C(C)(C)O3)n2)C1. The Morgan fingerprint density at radius 2 is 1.91 bits per heavy atom. The molecule has 1 atom stereocenters. The number of rotatable bonds is 3. The Morgan fingerprint density at radius 3 is 2.50 bits per heavy atom. The van der Waals surface area contributed by atoms with E-state index < -0.39 is 7.12 Å². The standard InChI is InChI=1S/C16H25BN2O3/c1-15(2)16(3,4)22-17(21-15)13-7-6-8-14(18-13)19-10-9-12(11-19)20-5/h6-8,12H,9-11H2,1-5H3. The van der Waals surface area contributed by atoms with Crippen molar-refractivity contribution in [2.45, 2.75) is 51.4 Å². The molecule has 120 valence electrons. The molecule has 0 aromatic carbocycles. The molecule has 0 spiro atoms. The first-order valence-corrected chi connectivity index (χ1v) is 7.93. The minimum Gasteiger partial charge on any atom is -0.398 e. The van der Waals surface area contributed by atoms with Crippen LogP contribution in [0.15, 0.2) is 18.2 Å². The van der Waals surface area contributed by atoms with Crippen LogP contribution in [0, 0.1) is 0 Å². The molecular formula is C16H25BN2O3. The third kappa shape index (κ3) is 2.75. The Hall–Kier alpha value is -1.11. The molecule has 0 N–H and O–H groups in total. The van der Waals surface area contributed by atoms with Crippen molar-refractivity contribution in [3.05, 3.63) is 18.2 Å². The van der Waals surface area contributed by atoms with Crippen LogP contribution >= 0.6 is 0 Å². The second kappa shape index (κ2) is 5.51. The predicted molar refractivity (Wildman–Crippen MR) is 87.6 cm³/mol. The van der Waals surface area contributed by atoms with Gasteiger partial charge < -0.3 is 18.9 Å². The van der Waals surface area contributed by atoms with Gasteiger partial charge in [0.1, 0.15) is 5.82 Å².